The van der Waals surface area contributed by atoms with E-state index in [-0.39, 0.29) is 26.3 Å². The first-order valence-electron chi connectivity index (χ1n) is 6.73. The van der Waals surface area contributed by atoms with Gasteiger partial charge < -0.3 is 0 Å². The number of hydrogen-bond acceptors (Lipinski definition) is 4. The highest BCUT2D eigenvalue weighted by molar-refractivity contribution is 9.10. The number of pyridine rings is 1. The summed E-state index contributed by atoms with van der Waals surface area (Å²) in [5, 5.41) is 0. The van der Waals surface area contributed by atoms with E-state index >= 15 is 0 Å². The number of rotatable bonds is 4. The van der Waals surface area contributed by atoms with Gasteiger partial charge in [0.2, 0.25) is 0 Å². The second-order valence-electron chi connectivity index (χ2n) is 4.83. The molecule has 0 aliphatic rings. The Morgan fingerprint density at radius 3 is 2.54 bits per heavy atom. The fourth-order valence-corrected chi connectivity index (χ4v) is 4.62. The molecule has 3 aromatic rings. The van der Waals surface area contributed by atoms with Crippen molar-refractivity contribution in [2.24, 2.45) is 0 Å². The molecule has 0 aliphatic carbocycles. The lowest BCUT2D eigenvalue weighted by Gasteiger charge is -2.12. The SMILES string of the molecule is O=Cc1cc(-c2ccccc2F)n(S(=O)(=O)c2cccnc2)c1Br. The van der Waals surface area contributed by atoms with E-state index < -0.39 is 15.8 Å². The van der Waals surface area contributed by atoms with Gasteiger partial charge in [-0.1, -0.05) is 12.1 Å². The van der Waals surface area contributed by atoms with Crippen LogP contribution in [0, 0.1) is 5.82 Å². The zero-order chi connectivity index (χ0) is 17.3. The predicted octanol–water partition coefficient (Wildman–Crippen LogP) is 3.50. The fourth-order valence-electron chi connectivity index (χ4n) is 2.27. The molecule has 0 aliphatic heterocycles. The third-order valence-electron chi connectivity index (χ3n) is 3.38. The molecule has 5 nitrogen and oxygen atoms in total. The molecule has 0 N–H and O–H groups in total. The molecule has 122 valence electrons. The van der Waals surface area contributed by atoms with Crippen molar-refractivity contribution in [3.8, 4) is 11.3 Å². The van der Waals surface area contributed by atoms with Gasteiger partial charge in [0.25, 0.3) is 10.0 Å². The molecular formula is C16H10BrFN2O3S. The Labute approximate surface area is 146 Å². The van der Waals surface area contributed by atoms with Gasteiger partial charge in [-0.05, 0) is 46.3 Å². The Balaban J connectivity index is 2.35. The third kappa shape index (κ3) is 2.67. The monoisotopic (exact) mass is 408 g/mol. The van der Waals surface area contributed by atoms with Gasteiger partial charge in [0.15, 0.2) is 6.29 Å². The van der Waals surface area contributed by atoms with E-state index in [0.717, 1.165) is 3.97 Å². The van der Waals surface area contributed by atoms with Crippen LogP contribution in [0.3, 0.4) is 0 Å². The van der Waals surface area contributed by atoms with Crippen molar-refractivity contribution >= 4 is 32.2 Å². The Morgan fingerprint density at radius 2 is 1.92 bits per heavy atom. The summed E-state index contributed by atoms with van der Waals surface area (Å²) in [4.78, 5) is 15.0. The summed E-state index contributed by atoms with van der Waals surface area (Å²) in [6.45, 7) is 0. The van der Waals surface area contributed by atoms with Crippen LogP contribution < -0.4 is 0 Å². The minimum absolute atomic E-state index is 0.0274. The minimum Gasteiger partial charge on any atom is -0.298 e. The molecule has 0 radical (unpaired) electrons. The first-order valence-corrected chi connectivity index (χ1v) is 8.97. The number of halogens is 2. The fraction of sp³-hybridized carbons (Fsp3) is 0. The topological polar surface area (TPSA) is 69.0 Å². The molecule has 24 heavy (non-hydrogen) atoms. The molecule has 0 saturated heterocycles. The third-order valence-corrected chi connectivity index (χ3v) is 6.12. The van der Waals surface area contributed by atoms with E-state index in [9.17, 15) is 17.6 Å². The van der Waals surface area contributed by atoms with E-state index in [1.165, 1.54) is 48.8 Å². The summed E-state index contributed by atoms with van der Waals surface area (Å²) in [6.07, 6.45) is 3.13. The number of aromatic nitrogens is 2. The van der Waals surface area contributed by atoms with Gasteiger partial charge in [0.1, 0.15) is 15.3 Å². The number of hydrogen-bond donors (Lipinski definition) is 0. The molecule has 0 saturated carbocycles. The summed E-state index contributed by atoms with van der Waals surface area (Å²) in [7, 11) is -4.07. The zero-order valence-corrected chi connectivity index (χ0v) is 14.5. The molecule has 1 aromatic carbocycles. The molecule has 0 atom stereocenters. The minimum atomic E-state index is -4.07. The van der Waals surface area contributed by atoms with E-state index in [4.69, 9.17) is 0 Å². The van der Waals surface area contributed by atoms with Gasteiger partial charge in [0, 0.05) is 23.5 Å². The maximum Gasteiger partial charge on any atom is 0.270 e. The molecule has 0 bridgehead atoms. The van der Waals surface area contributed by atoms with Gasteiger partial charge in [-0.3, -0.25) is 9.78 Å². The van der Waals surface area contributed by atoms with Crippen LogP contribution >= 0.6 is 15.9 Å². The highest BCUT2D eigenvalue weighted by atomic mass is 79.9. The van der Waals surface area contributed by atoms with Crippen LogP contribution in [0.15, 0.2) is 64.4 Å². The normalized spacial score (nSPS) is 11.4. The number of carbonyl (C=O) groups is 1. The second-order valence-corrected chi connectivity index (χ2v) is 7.37. The first-order chi connectivity index (χ1) is 11.5. The van der Waals surface area contributed by atoms with E-state index in [0.29, 0.717) is 6.29 Å². The van der Waals surface area contributed by atoms with Crippen LogP contribution in [-0.4, -0.2) is 23.7 Å². The van der Waals surface area contributed by atoms with Crippen molar-refractivity contribution in [3.05, 3.63) is 70.8 Å². The largest absolute Gasteiger partial charge is 0.298 e. The summed E-state index contributed by atoms with van der Waals surface area (Å²) < 4.78 is 41.0. The zero-order valence-electron chi connectivity index (χ0n) is 12.1. The number of aldehydes is 1. The summed E-state index contributed by atoms with van der Waals surface area (Å²) in [6, 6.07) is 9.93. The van der Waals surface area contributed by atoms with E-state index in [1.807, 2.05) is 0 Å². The summed E-state index contributed by atoms with van der Waals surface area (Å²) >= 11 is 3.13. The highest BCUT2D eigenvalue weighted by Crippen LogP contribution is 2.33. The van der Waals surface area contributed by atoms with E-state index in [2.05, 4.69) is 20.9 Å². The maximum atomic E-state index is 14.2. The van der Waals surface area contributed by atoms with Crippen molar-refractivity contribution in [2.75, 3.05) is 0 Å². The smallest absolute Gasteiger partial charge is 0.270 e. The van der Waals surface area contributed by atoms with Crippen molar-refractivity contribution in [1.29, 1.82) is 0 Å². The van der Waals surface area contributed by atoms with Gasteiger partial charge >= 0.3 is 0 Å². The van der Waals surface area contributed by atoms with Gasteiger partial charge in [-0.2, -0.15) is 0 Å². The average molecular weight is 409 g/mol. The highest BCUT2D eigenvalue weighted by Gasteiger charge is 2.27. The van der Waals surface area contributed by atoms with Crippen LogP contribution in [0.5, 0.6) is 0 Å². The van der Waals surface area contributed by atoms with Gasteiger partial charge in [-0.15, -0.1) is 0 Å². The second kappa shape index (κ2) is 6.29. The lowest BCUT2D eigenvalue weighted by Crippen LogP contribution is -2.15. The summed E-state index contributed by atoms with van der Waals surface area (Å²) in [5.41, 5.74) is 0.213. The quantitative estimate of drug-likeness (QED) is 0.619. The molecule has 2 heterocycles. The Kier molecular flexibility index (Phi) is 4.33. The predicted molar refractivity (Wildman–Crippen MR) is 89.7 cm³/mol. The van der Waals surface area contributed by atoms with Crippen LogP contribution in [0.25, 0.3) is 11.3 Å². The first kappa shape index (κ1) is 16.5. The van der Waals surface area contributed by atoms with E-state index in [1.54, 1.807) is 6.07 Å². The summed E-state index contributed by atoms with van der Waals surface area (Å²) in [5.74, 6) is -0.595. The molecular weight excluding hydrogens is 399 g/mol. The standard InChI is InChI=1S/C16H10BrFN2O3S/c17-16-11(10-21)8-15(13-5-1-2-6-14(13)18)20(16)24(22,23)12-4-3-7-19-9-12/h1-10H. The average Bonchev–Trinajstić information content (AvgIpc) is 2.93. The molecule has 8 heteroatoms. The number of carbonyl (C=O) groups excluding carboxylic acids is 1. The molecule has 0 amide bonds. The van der Waals surface area contributed by atoms with Crippen LogP contribution in [-0.2, 0) is 10.0 Å². The Bertz CT molecular complexity index is 1020. The van der Waals surface area contributed by atoms with Crippen molar-refractivity contribution in [3.63, 3.8) is 0 Å². The van der Waals surface area contributed by atoms with Crippen molar-refractivity contribution < 1.29 is 17.6 Å². The van der Waals surface area contributed by atoms with Crippen molar-refractivity contribution in [2.45, 2.75) is 4.90 Å². The van der Waals surface area contributed by atoms with Crippen molar-refractivity contribution in [1.82, 2.24) is 8.96 Å². The van der Waals surface area contributed by atoms with Crippen LogP contribution in [0.4, 0.5) is 4.39 Å². The Morgan fingerprint density at radius 1 is 1.17 bits per heavy atom. The van der Waals surface area contributed by atoms with Gasteiger partial charge in [0.05, 0.1) is 5.69 Å². The lowest BCUT2D eigenvalue weighted by atomic mass is 10.1. The molecule has 3 rings (SSSR count). The Hall–Kier alpha value is -2.32. The van der Waals surface area contributed by atoms with Gasteiger partial charge in [-0.25, -0.2) is 16.8 Å². The number of nitrogens with zero attached hydrogens (tertiary/aromatic N) is 2. The van der Waals surface area contributed by atoms with Crippen LogP contribution in [0.2, 0.25) is 0 Å². The molecule has 0 unspecified atom stereocenters. The number of benzene rings is 1. The maximum absolute atomic E-state index is 14.2. The molecule has 2 aromatic heterocycles. The molecule has 0 spiro atoms. The molecule has 0 fully saturated rings. The lowest BCUT2D eigenvalue weighted by molar-refractivity contribution is 0.112. The van der Waals surface area contributed by atoms with Crippen LogP contribution in [0.1, 0.15) is 10.4 Å².